The minimum Gasteiger partial charge on any atom is -0.455 e. The molecule has 1 nitrogen and oxygen atoms in total. The van der Waals surface area contributed by atoms with Crippen molar-refractivity contribution < 1.29 is 9.90 Å². The van der Waals surface area contributed by atoms with Crippen molar-refractivity contribution in [2.24, 2.45) is 0 Å². The van der Waals surface area contributed by atoms with Crippen molar-refractivity contribution >= 4 is 65.0 Å². The molecule has 0 unspecified atom stereocenters. The van der Waals surface area contributed by atoms with Gasteiger partial charge in [-0.2, -0.15) is 0 Å². The first kappa shape index (κ1) is 22.3. The molecule has 0 aliphatic heterocycles. The summed E-state index contributed by atoms with van der Waals surface area (Å²) in [6, 6.07) is 48.8. The maximum Gasteiger partial charge on any atom is 0.143 e. The van der Waals surface area contributed by atoms with Gasteiger partial charge < -0.3 is 4.42 Å². The first-order valence-electron chi connectivity index (χ1n) is 17.9. The number of hydrogen-bond acceptors (Lipinski definition) is 1. The Labute approximate surface area is 277 Å². The molecule has 0 atom stereocenters. The molecule has 47 heavy (non-hydrogen) atoms. The lowest BCUT2D eigenvalue weighted by molar-refractivity contribution is 0.672. The molecule has 0 N–H and O–H groups in total. The third-order valence-electron chi connectivity index (χ3n) is 9.49. The van der Waals surface area contributed by atoms with Crippen LogP contribution in [0.4, 0.5) is 0 Å². The summed E-state index contributed by atoms with van der Waals surface area (Å²) in [7, 11) is 0. The van der Waals surface area contributed by atoms with Crippen LogP contribution in [0.3, 0.4) is 0 Å². The van der Waals surface area contributed by atoms with Crippen LogP contribution in [0.1, 0.15) is 5.48 Å². The quantitative estimate of drug-likeness (QED) is 0.184. The summed E-state index contributed by atoms with van der Waals surface area (Å²) in [4.78, 5) is 0. The molecule has 0 fully saturated rings. The zero-order valence-electron chi connectivity index (χ0n) is 29.3. The molecule has 0 saturated heterocycles. The van der Waals surface area contributed by atoms with Gasteiger partial charge in [-0.1, -0.05) is 139 Å². The van der Waals surface area contributed by atoms with Gasteiger partial charge in [0.25, 0.3) is 0 Å². The predicted molar refractivity (Wildman–Crippen MR) is 200 cm³/mol. The van der Waals surface area contributed by atoms with E-state index in [1.165, 1.54) is 0 Å². The van der Waals surface area contributed by atoms with Crippen molar-refractivity contribution in [2.45, 2.75) is 0 Å². The number of fused-ring (bicyclic) bond motifs is 8. The van der Waals surface area contributed by atoms with Gasteiger partial charge in [-0.25, -0.2) is 0 Å². The van der Waals surface area contributed by atoms with Gasteiger partial charge >= 0.3 is 0 Å². The largest absolute Gasteiger partial charge is 0.455 e. The molecule has 1 heteroatoms. The highest BCUT2D eigenvalue weighted by Crippen LogP contribution is 2.45. The smallest absolute Gasteiger partial charge is 0.143 e. The molecule has 0 radical (unpaired) electrons. The van der Waals surface area contributed by atoms with E-state index in [-0.39, 0.29) is 24.2 Å². The van der Waals surface area contributed by atoms with Gasteiger partial charge in [-0.3, -0.25) is 0 Å². The number of rotatable bonds is 3. The maximum atomic E-state index is 9.65. The van der Waals surface area contributed by atoms with Gasteiger partial charge in [0, 0.05) is 16.2 Å². The Balaban J connectivity index is 1.27. The van der Waals surface area contributed by atoms with Crippen molar-refractivity contribution in [1.82, 2.24) is 0 Å². The van der Waals surface area contributed by atoms with Crippen molar-refractivity contribution in [3.63, 3.8) is 0 Å². The van der Waals surface area contributed by atoms with Gasteiger partial charge in [0.1, 0.15) is 11.2 Å². The fourth-order valence-electron chi connectivity index (χ4n) is 7.33. The van der Waals surface area contributed by atoms with E-state index in [0.29, 0.717) is 16.7 Å². The maximum absolute atomic E-state index is 9.65. The van der Waals surface area contributed by atoms with Crippen LogP contribution in [-0.4, -0.2) is 0 Å². The van der Waals surface area contributed by atoms with Crippen molar-refractivity contribution in [1.29, 1.82) is 0 Å². The van der Waals surface area contributed by atoms with E-state index in [2.05, 4.69) is 54.6 Å². The SMILES string of the molecule is [2H]c1c([2H])c(-c2ccc3ccccc3c2)c([2H])c(-c2c3ccccc3c(-c3ccc4oc5c6ccccc6ccc5c4c3)c3ccccc23)c1[2H]. The molecule has 0 amide bonds. The van der Waals surface area contributed by atoms with E-state index < -0.39 is 0 Å². The van der Waals surface area contributed by atoms with Crippen molar-refractivity contribution in [3.05, 3.63) is 170 Å². The van der Waals surface area contributed by atoms with Crippen LogP contribution in [0.25, 0.3) is 98.4 Å². The van der Waals surface area contributed by atoms with Gasteiger partial charge in [-0.15, -0.1) is 0 Å². The topological polar surface area (TPSA) is 13.1 Å². The average Bonchev–Trinajstić information content (AvgIpc) is 3.55. The fourth-order valence-corrected chi connectivity index (χ4v) is 7.33. The van der Waals surface area contributed by atoms with Gasteiger partial charge in [0.15, 0.2) is 0 Å². The van der Waals surface area contributed by atoms with Crippen LogP contribution in [-0.2, 0) is 0 Å². The molecule has 1 aromatic heterocycles. The molecule has 0 bridgehead atoms. The number of benzene rings is 9. The van der Waals surface area contributed by atoms with E-state index in [1.54, 1.807) is 0 Å². The first-order valence-corrected chi connectivity index (χ1v) is 15.9. The third kappa shape index (κ3) is 4.03. The van der Waals surface area contributed by atoms with Gasteiger partial charge in [0.05, 0.1) is 5.48 Å². The number of furan rings is 1. The molecular formula is C46H28O. The van der Waals surface area contributed by atoms with E-state index in [9.17, 15) is 2.74 Å². The first-order chi connectivity index (χ1) is 25.0. The monoisotopic (exact) mass is 600 g/mol. The Morgan fingerprint density at radius 3 is 1.70 bits per heavy atom. The highest BCUT2D eigenvalue weighted by molar-refractivity contribution is 6.23. The van der Waals surface area contributed by atoms with E-state index in [0.717, 1.165) is 81.7 Å². The van der Waals surface area contributed by atoms with Crippen LogP contribution in [0.15, 0.2) is 174 Å². The molecular weight excluding hydrogens is 569 g/mol. The minimum atomic E-state index is -0.189. The second-order valence-corrected chi connectivity index (χ2v) is 12.1. The lowest BCUT2D eigenvalue weighted by atomic mass is 9.85. The summed E-state index contributed by atoms with van der Waals surface area (Å²) in [6.45, 7) is 0. The molecule has 0 saturated carbocycles. The molecule has 0 aliphatic carbocycles. The molecule has 218 valence electrons. The van der Waals surface area contributed by atoms with Crippen LogP contribution >= 0.6 is 0 Å². The van der Waals surface area contributed by atoms with Crippen LogP contribution in [0.2, 0.25) is 0 Å². The zero-order valence-corrected chi connectivity index (χ0v) is 25.3. The summed E-state index contributed by atoms with van der Waals surface area (Å²) in [6.07, 6.45) is 0. The molecule has 9 aromatic carbocycles. The number of hydrogen-bond donors (Lipinski definition) is 0. The molecule has 10 rings (SSSR count). The summed E-state index contributed by atoms with van der Waals surface area (Å²) < 4.78 is 43.3. The second kappa shape index (κ2) is 10.2. The Kier molecular flexibility index (Phi) is 4.83. The highest BCUT2D eigenvalue weighted by Gasteiger charge is 2.18. The second-order valence-electron chi connectivity index (χ2n) is 12.1. The van der Waals surface area contributed by atoms with Crippen LogP contribution in [0.5, 0.6) is 0 Å². The van der Waals surface area contributed by atoms with Crippen LogP contribution in [0, 0.1) is 0 Å². The molecule has 10 aromatic rings. The third-order valence-corrected chi connectivity index (χ3v) is 9.49. The van der Waals surface area contributed by atoms with Crippen molar-refractivity contribution in [2.75, 3.05) is 0 Å². The fraction of sp³-hybridized carbons (Fsp3) is 0. The Morgan fingerprint density at radius 1 is 0.383 bits per heavy atom. The standard InChI is InChI=1S/C46H28O/c1-2-12-31-26-33(21-20-29(31)10-1)32-13-9-14-34(27-32)44-37-16-5-7-18-39(37)45(40-19-8-6-17-38(40)44)35-23-25-43-42(28-35)41-24-22-30-11-3-4-15-36(30)46(41)47-43/h1-28H/i9D,13D,14D,27D. The lowest BCUT2D eigenvalue weighted by Gasteiger charge is -2.18. The summed E-state index contributed by atoms with van der Waals surface area (Å²) in [5.74, 6) is 0. The lowest BCUT2D eigenvalue weighted by Crippen LogP contribution is -1.91. The van der Waals surface area contributed by atoms with E-state index in [4.69, 9.17) is 7.16 Å². The van der Waals surface area contributed by atoms with Gasteiger partial charge in [-0.05, 0) is 101 Å². The average molecular weight is 601 g/mol. The molecule has 0 spiro atoms. The minimum absolute atomic E-state index is 0.0813. The zero-order chi connectivity index (χ0) is 34.4. The van der Waals surface area contributed by atoms with Crippen molar-refractivity contribution in [3.8, 4) is 33.4 Å². The summed E-state index contributed by atoms with van der Waals surface area (Å²) >= 11 is 0. The highest BCUT2D eigenvalue weighted by atomic mass is 16.3. The van der Waals surface area contributed by atoms with Gasteiger partial charge in [0.2, 0.25) is 0 Å². The summed E-state index contributed by atoms with van der Waals surface area (Å²) in [5.41, 5.74) is 5.94. The van der Waals surface area contributed by atoms with E-state index >= 15 is 0 Å². The predicted octanol–water partition coefficient (Wildman–Crippen LogP) is 13.2. The Bertz CT molecular complexity index is 3030. The van der Waals surface area contributed by atoms with E-state index in [1.807, 2.05) is 91.0 Å². The van der Waals surface area contributed by atoms with Crippen LogP contribution < -0.4 is 0 Å². The molecule has 1 heterocycles. The Hall–Kier alpha value is -6.18. The normalized spacial score (nSPS) is 13.0. The summed E-state index contributed by atoms with van der Waals surface area (Å²) in [5, 5.41) is 10.1. The molecule has 0 aliphatic rings. The Morgan fingerprint density at radius 2 is 0.957 bits per heavy atom.